The van der Waals surface area contributed by atoms with E-state index in [0.717, 1.165) is 16.9 Å². The SMILES string of the molecule is COc1ccc(CNc2nc(NCCOCCOCCN)nc(NCc3ccccc3)n2)cc1. The van der Waals surface area contributed by atoms with Crippen LogP contribution in [0.5, 0.6) is 5.75 Å². The highest BCUT2D eigenvalue weighted by Crippen LogP contribution is 2.14. The zero-order valence-corrected chi connectivity index (χ0v) is 19.5. The van der Waals surface area contributed by atoms with Crippen LogP contribution in [-0.2, 0) is 22.6 Å². The van der Waals surface area contributed by atoms with Crippen LogP contribution < -0.4 is 26.4 Å². The highest BCUT2D eigenvalue weighted by atomic mass is 16.5. The monoisotopic (exact) mass is 467 g/mol. The van der Waals surface area contributed by atoms with E-state index in [1.165, 1.54) is 0 Å². The van der Waals surface area contributed by atoms with E-state index < -0.39 is 0 Å². The molecule has 0 saturated carbocycles. The Hall–Kier alpha value is -3.47. The van der Waals surface area contributed by atoms with Gasteiger partial charge in [0, 0.05) is 26.2 Å². The second-order valence-electron chi connectivity index (χ2n) is 7.29. The van der Waals surface area contributed by atoms with Gasteiger partial charge in [-0.1, -0.05) is 42.5 Å². The molecule has 0 fully saturated rings. The largest absolute Gasteiger partial charge is 0.497 e. The van der Waals surface area contributed by atoms with E-state index in [9.17, 15) is 0 Å². The standard InChI is InChI=1S/C24H33N7O3/c1-32-21-9-7-20(8-10-21)18-28-24-30-22(26-12-14-34-16-15-33-13-11-25)29-23(31-24)27-17-19-5-3-2-4-6-19/h2-10H,11-18,25H2,1H3,(H3,26,27,28,29,30,31). The second-order valence-corrected chi connectivity index (χ2v) is 7.29. The number of hydrogen-bond donors (Lipinski definition) is 4. The number of anilines is 3. The maximum atomic E-state index is 5.55. The van der Waals surface area contributed by atoms with Crippen LogP contribution in [0.4, 0.5) is 17.8 Å². The number of methoxy groups -OCH3 is 1. The molecule has 0 radical (unpaired) electrons. The van der Waals surface area contributed by atoms with Gasteiger partial charge in [-0.3, -0.25) is 0 Å². The first-order valence-electron chi connectivity index (χ1n) is 11.3. The third kappa shape index (κ3) is 9.18. The van der Waals surface area contributed by atoms with E-state index in [-0.39, 0.29) is 0 Å². The fourth-order valence-electron chi connectivity index (χ4n) is 2.95. The lowest BCUT2D eigenvalue weighted by Crippen LogP contribution is -2.17. The van der Waals surface area contributed by atoms with Crippen molar-refractivity contribution >= 4 is 17.8 Å². The predicted molar refractivity (Wildman–Crippen MR) is 133 cm³/mol. The minimum atomic E-state index is 0.464. The van der Waals surface area contributed by atoms with Crippen LogP contribution >= 0.6 is 0 Å². The first-order valence-corrected chi connectivity index (χ1v) is 11.3. The number of nitrogens with one attached hydrogen (secondary N) is 3. The van der Waals surface area contributed by atoms with Gasteiger partial charge in [-0.2, -0.15) is 15.0 Å². The van der Waals surface area contributed by atoms with Crippen LogP contribution in [0.2, 0.25) is 0 Å². The zero-order valence-electron chi connectivity index (χ0n) is 19.5. The van der Waals surface area contributed by atoms with Crippen LogP contribution in [-0.4, -0.2) is 61.6 Å². The van der Waals surface area contributed by atoms with Crippen molar-refractivity contribution in [2.45, 2.75) is 13.1 Å². The maximum Gasteiger partial charge on any atom is 0.229 e. The van der Waals surface area contributed by atoms with Crippen LogP contribution in [0.3, 0.4) is 0 Å². The highest BCUT2D eigenvalue weighted by molar-refractivity contribution is 5.43. The van der Waals surface area contributed by atoms with Crippen molar-refractivity contribution in [1.29, 1.82) is 0 Å². The van der Waals surface area contributed by atoms with Crippen LogP contribution in [0, 0.1) is 0 Å². The Morgan fingerprint density at radius 1 is 0.676 bits per heavy atom. The molecule has 182 valence electrons. The number of nitrogens with two attached hydrogens (primary N) is 1. The number of hydrogen-bond acceptors (Lipinski definition) is 10. The Kier molecular flexibility index (Phi) is 10.8. The molecule has 5 N–H and O–H groups in total. The third-order valence-electron chi connectivity index (χ3n) is 4.70. The van der Waals surface area contributed by atoms with Crippen molar-refractivity contribution in [3.63, 3.8) is 0 Å². The molecule has 0 aliphatic heterocycles. The number of ether oxygens (including phenoxy) is 3. The van der Waals surface area contributed by atoms with E-state index in [4.69, 9.17) is 19.9 Å². The fraction of sp³-hybridized carbons (Fsp3) is 0.375. The summed E-state index contributed by atoms with van der Waals surface area (Å²) >= 11 is 0. The molecule has 0 amide bonds. The lowest BCUT2D eigenvalue weighted by Gasteiger charge is -2.12. The van der Waals surface area contributed by atoms with E-state index in [0.29, 0.717) is 70.5 Å². The van der Waals surface area contributed by atoms with Crippen molar-refractivity contribution < 1.29 is 14.2 Å². The van der Waals surface area contributed by atoms with Crippen molar-refractivity contribution in [3.8, 4) is 5.75 Å². The van der Waals surface area contributed by atoms with E-state index in [1.807, 2.05) is 54.6 Å². The zero-order chi connectivity index (χ0) is 23.8. The Morgan fingerprint density at radius 2 is 1.24 bits per heavy atom. The van der Waals surface area contributed by atoms with Gasteiger partial charge in [0.05, 0.1) is 33.5 Å². The Labute approximate surface area is 200 Å². The highest BCUT2D eigenvalue weighted by Gasteiger charge is 2.07. The summed E-state index contributed by atoms with van der Waals surface area (Å²) in [6, 6.07) is 17.9. The smallest absolute Gasteiger partial charge is 0.229 e. The maximum absolute atomic E-state index is 5.55. The van der Waals surface area contributed by atoms with Gasteiger partial charge < -0.3 is 35.9 Å². The van der Waals surface area contributed by atoms with Crippen LogP contribution in [0.1, 0.15) is 11.1 Å². The molecule has 0 saturated heterocycles. The normalized spacial score (nSPS) is 10.6. The Balaban J connectivity index is 1.57. The van der Waals surface area contributed by atoms with Crippen LogP contribution in [0.25, 0.3) is 0 Å². The summed E-state index contributed by atoms with van der Waals surface area (Å²) < 4.78 is 16.1. The average molecular weight is 468 g/mol. The number of rotatable bonds is 16. The summed E-state index contributed by atoms with van der Waals surface area (Å²) in [4.78, 5) is 13.5. The summed E-state index contributed by atoms with van der Waals surface area (Å²) in [5.74, 6) is 2.23. The van der Waals surface area contributed by atoms with E-state index in [2.05, 4.69) is 30.9 Å². The molecule has 10 heteroatoms. The van der Waals surface area contributed by atoms with Gasteiger partial charge >= 0.3 is 0 Å². The number of aromatic nitrogens is 3. The second kappa shape index (κ2) is 14.6. The van der Waals surface area contributed by atoms with Crippen molar-refractivity contribution in [1.82, 2.24) is 15.0 Å². The fourth-order valence-corrected chi connectivity index (χ4v) is 2.95. The molecule has 10 nitrogen and oxygen atoms in total. The lowest BCUT2D eigenvalue weighted by atomic mass is 10.2. The molecule has 0 spiro atoms. The first kappa shape index (κ1) is 25.2. The van der Waals surface area contributed by atoms with Gasteiger partial charge in [-0.15, -0.1) is 0 Å². The summed E-state index contributed by atoms with van der Waals surface area (Å²) in [6.45, 7) is 4.31. The molecule has 0 bridgehead atoms. The van der Waals surface area contributed by atoms with Gasteiger partial charge in [0.1, 0.15) is 5.75 Å². The van der Waals surface area contributed by atoms with Crippen LogP contribution in [0.15, 0.2) is 54.6 Å². The first-order chi connectivity index (χ1) is 16.8. The predicted octanol–water partition coefficient (Wildman–Crippen LogP) is 2.51. The molecule has 0 aliphatic rings. The summed E-state index contributed by atoms with van der Waals surface area (Å²) in [5.41, 5.74) is 7.61. The summed E-state index contributed by atoms with van der Waals surface area (Å²) in [6.07, 6.45) is 0. The number of nitrogens with zero attached hydrogens (tertiary/aromatic N) is 3. The third-order valence-corrected chi connectivity index (χ3v) is 4.70. The van der Waals surface area contributed by atoms with Gasteiger partial charge in [-0.05, 0) is 23.3 Å². The molecule has 2 aromatic carbocycles. The molecule has 1 heterocycles. The molecule has 0 unspecified atom stereocenters. The molecule has 3 aromatic rings. The average Bonchev–Trinajstić information content (AvgIpc) is 2.88. The summed E-state index contributed by atoms with van der Waals surface area (Å²) in [7, 11) is 1.65. The van der Waals surface area contributed by atoms with Crippen molar-refractivity contribution in [2.24, 2.45) is 5.73 Å². The van der Waals surface area contributed by atoms with E-state index >= 15 is 0 Å². The van der Waals surface area contributed by atoms with Gasteiger partial charge in [0.25, 0.3) is 0 Å². The number of benzene rings is 2. The minimum Gasteiger partial charge on any atom is -0.497 e. The van der Waals surface area contributed by atoms with Gasteiger partial charge in [0.15, 0.2) is 0 Å². The Bertz CT molecular complexity index is 959. The Morgan fingerprint density at radius 3 is 1.82 bits per heavy atom. The quantitative estimate of drug-likeness (QED) is 0.233. The van der Waals surface area contributed by atoms with Gasteiger partial charge in [0.2, 0.25) is 17.8 Å². The van der Waals surface area contributed by atoms with Crippen molar-refractivity contribution in [2.75, 3.05) is 62.6 Å². The van der Waals surface area contributed by atoms with E-state index in [1.54, 1.807) is 7.11 Å². The minimum absolute atomic E-state index is 0.464. The summed E-state index contributed by atoms with van der Waals surface area (Å²) in [5, 5.41) is 9.73. The topological polar surface area (TPSA) is 128 Å². The van der Waals surface area contributed by atoms with Crippen molar-refractivity contribution in [3.05, 3.63) is 65.7 Å². The lowest BCUT2D eigenvalue weighted by molar-refractivity contribution is 0.0547. The van der Waals surface area contributed by atoms with Gasteiger partial charge in [-0.25, -0.2) is 0 Å². The molecule has 3 rings (SSSR count). The molecule has 0 atom stereocenters. The molecule has 34 heavy (non-hydrogen) atoms. The molecular formula is C24H33N7O3. The molecule has 0 aliphatic carbocycles. The molecular weight excluding hydrogens is 434 g/mol. The molecule has 1 aromatic heterocycles.